The second-order valence-electron chi connectivity index (χ2n) is 4.83. The Morgan fingerprint density at radius 2 is 1.78 bits per heavy atom. The van der Waals surface area contributed by atoms with Crippen LogP contribution in [0.2, 0.25) is 0 Å². The highest BCUT2D eigenvalue weighted by Crippen LogP contribution is 2.32. The van der Waals surface area contributed by atoms with E-state index in [2.05, 4.69) is 4.72 Å². The lowest BCUT2D eigenvalue weighted by atomic mass is 10.2. The van der Waals surface area contributed by atoms with Gasteiger partial charge in [0.1, 0.15) is 5.75 Å². The lowest BCUT2D eigenvalue weighted by molar-refractivity contribution is -0.137. The van der Waals surface area contributed by atoms with Crippen molar-refractivity contribution in [2.24, 2.45) is 0 Å². The number of benzene rings is 2. The minimum Gasteiger partial charge on any atom is -0.495 e. The van der Waals surface area contributed by atoms with Crippen molar-refractivity contribution in [1.29, 1.82) is 0 Å². The number of anilines is 1. The smallest absolute Gasteiger partial charge is 0.416 e. The Balaban J connectivity index is 2.40. The van der Waals surface area contributed by atoms with Crippen LogP contribution in [0.25, 0.3) is 0 Å². The summed E-state index contributed by atoms with van der Waals surface area (Å²) in [6, 6.07) is 8.30. The molecule has 23 heavy (non-hydrogen) atoms. The molecule has 0 amide bonds. The topological polar surface area (TPSA) is 55.4 Å². The van der Waals surface area contributed by atoms with E-state index in [-0.39, 0.29) is 11.4 Å². The maximum absolute atomic E-state index is 12.7. The van der Waals surface area contributed by atoms with E-state index in [0.717, 1.165) is 23.8 Å². The molecule has 0 bridgehead atoms. The normalized spacial score (nSPS) is 12.0. The van der Waals surface area contributed by atoms with Gasteiger partial charge in [0.25, 0.3) is 10.0 Å². The van der Waals surface area contributed by atoms with Crippen LogP contribution in [0.3, 0.4) is 0 Å². The minimum absolute atomic E-state index is 0.149. The third kappa shape index (κ3) is 3.95. The van der Waals surface area contributed by atoms with Crippen molar-refractivity contribution in [3.05, 3.63) is 53.6 Å². The monoisotopic (exact) mass is 345 g/mol. The van der Waals surface area contributed by atoms with Crippen LogP contribution in [-0.2, 0) is 16.2 Å². The number of ether oxygens (including phenoxy) is 1. The van der Waals surface area contributed by atoms with E-state index in [4.69, 9.17) is 4.74 Å². The molecule has 0 radical (unpaired) electrons. The molecule has 124 valence electrons. The SMILES string of the molecule is COc1cc(C)ccc1NS(=O)(=O)c1cccc(C(F)(F)F)c1. The van der Waals surface area contributed by atoms with Gasteiger partial charge in [-0.05, 0) is 42.8 Å². The average molecular weight is 345 g/mol. The van der Waals surface area contributed by atoms with Crippen LogP contribution in [0.4, 0.5) is 18.9 Å². The van der Waals surface area contributed by atoms with Gasteiger partial charge >= 0.3 is 6.18 Å². The fourth-order valence-corrected chi connectivity index (χ4v) is 3.04. The third-order valence-electron chi connectivity index (χ3n) is 3.07. The average Bonchev–Trinajstić information content (AvgIpc) is 2.48. The maximum atomic E-state index is 12.7. The summed E-state index contributed by atoms with van der Waals surface area (Å²) in [5.41, 5.74) is -0.0318. The molecule has 2 rings (SSSR count). The Labute approximate surface area is 132 Å². The Morgan fingerprint density at radius 3 is 2.39 bits per heavy atom. The van der Waals surface area contributed by atoms with Gasteiger partial charge in [-0.2, -0.15) is 13.2 Å². The van der Waals surface area contributed by atoms with Gasteiger partial charge in [0.15, 0.2) is 0 Å². The third-order valence-corrected chi connectivity index (χ3v) is 4.44. The molecule has 0 aromatic heterocycles. The fourth-order valence-electron chi connectivity index (χ4n) is 1.93. The first-order chi connectivity index (χ1) is 10.6. The minimum atomic E-state index is -4.62. The van der Waals surface area contributed by atoms with Gasteiger partial charge < -0.3 is 4.74 Å². The molecular formula is C15H14F3NO3S. The first-order valence-corrected chi connectivity index (χ1v) is 7.96. The van der Waals surface area contributed by atoms with Crippen molar-refractivity contribution in [3.63, 3.8) is 0 Å². The Hall–Kier alpha value is -2.22. The van der Waals surface area contributed by atoms with Gasteiger partial charge in [-0.3, -0.25) is 4.72 Å². The highest BCUT2D eigenvalue weighted by molar-refractivity contribution is 7.92. The van der Waals surface area contributed by atoms with Gasteiger partial charge in [-0.15, -0.1) is 0 Å². The number of rotatable bonds is 4. The van der Waals surface area contributed by atoms with Crippen molar-refractivity contribution >= 4 is 15.7 Å². The second kappa shape index (κ2) is 6.11. The largest absolute Gasteiger partial charge is 0.495 e. The molecule has 0 unspecified atom stereocenters. The Morgan fingerprint density at radius 1 is 1.09 bits per heavy atom. The molecule has 0 aliphatic carbocycles. The molecule has 0 fully saturated rings. The van der Waals surface area contributed by atoms with Crippen molar-refractivity contribution in [2.75, 3.05) is 11.8 Å². The summed E-state index contributed by atoms with van der Waals surface area (Å²) >= 11 is 0. The summed E-state index contributed by atoms with van der Waals surface area (Å²) in [5, 5.41) is 0. The molecule has 0 atom stereocenters. The van der Waals surface area contributed by atoms with Crippen LogP contribution in [0.5, 0.6) is 5.75 Å². The van der Waals surface area contributed by atoms with E-state index in [1.165, 1.54) is 13.2 Å². The lowest BCUT2D eigenvalue weighted by Crippen LogP contribution is -2.15. The van der Waals surface area contributed by atoms with E-state index in [1.807, 2.05) is 0 Å². The van der Waals surface area contributed by atoms with Crippen LogP contribution in [0.1, 0.15) is 11.1 Å². The van der Waals surface area contributed by atoms with Crippen LogP contribution < -0.4 is 9.46 Å². The number of hydrogen-bond acceptors (Lipinski definition) is 3. The Bertz CT molecular complexity index is 817. The summed E-state index contributed by atoms with van der Waals surface area (Å²) in [4.78, 5) is -0.477. The second-order valence-corrected chi connectivity index (χ2v) is 6.52. The number of sulfonamides is 1. The molecule has 1 N–H and O–H groups in total. The van der Waals surface area contributed by atoms with Crippen molar-refractivity contribution in [1.82, 2.24) is 0 Å². The lowest BCUT2D eigenvalue weighted by Gasteiger charge is -2.13. The quantitative estimate of drug-likeness (QED) is 0.916. The number of alkyl halides is 3. The number of methoxy groups -OCH3 is 1. The van der Waals surface area contributed by atoms with Crippen LogP contribution >= 0.6 is 0 Å². The van der Waals surface area contributed by atoms with E-state index in [9.17, 15) is 21.6 Å². The highest BCUT2D eigenvalue weighted by Gasteiger charge is 2.31. The van der Waals surface area contributed by atoms with Gasteiger partial charge in [-0.25, -0.2) is 8.42 Å². The highest BCUT2D eigenvalue weighted by atomic mass is 32.2. The molecular weight excluding hydrogens is 331 g/mol. The molecule has 0 saturated carbocycles. The van der Waals surface area contributed by atoms with Crippen molar-refractivity contribution in [2.45, 2.75) is 18.0 Å². The summed E-state index contributed by atoms with van der Waals surface area (Å²) in [7, 11) is -2.80. The van der Waals surface area contributed by atoms with Gasteiger partial charge in [0.05, 0.1) is 23.3 Å². The first-order valence-electron chi connectivity index (χ1n) is 6.48. The standard InChI is InChI=1S/C15H14F3NO3S/c1-10-6-7-13(14(8-10)22-2)19-23(20,21)12-5-3-4-11(9-12)15(16,17)18/h3-9,19H,1-2H3. The number of aryl methyl sites for hydroxylation is 1. The van der Waals surface area contributed by atoms with Crippen LogP contribution in [0.15, 0.2) is 47.4 Å². The Kier molecular flexibility index (Phi) is 4.56. The molecule has 4 nitrogen and oxygen atoms in total. The van der Waals surface area contributed by atoms with E-state index >= 15 is 0 Å². The molecule has 2 aromatic carbocycles. The van der Waals surface area contributed by atoms with E-state index in [1.54, 1.807) is 19.1 Å². The first kappa shape index (κ1) is 17.1. The summed E-state index contributed by atoms with van der Waals surface area (Å²) in [5.74, 6) is 0.278. The zero-order chi connectivity index (χ0) is 17.3. The predicted octanol–water partition coefficient (Wildman–Crippen LogP) is 3.82. The van der Waals surface area contributed by atoms with Crippen LogP contribution in [-0.4, -0.2) is 15.5 Å². The summed E-state index contributed by atoms with van der Waals surface area (Å²) < 4.78 is 70.1. The summed E-state index contributed by atoms with van der Waals surface area (Å²) in [6.45, 7) is 1.80. The van der Waals surface area contributed by atoms with Crippen molar-refractivity contribution in [3.8, 4) is 5.75 Å². The summed E-state index contributed by atoms with van der Waals surface area (Å²) in [6.07, 6.45) is -4.62. The van der Waals surface area contributed by atoms with Crippen molar-refractivity contribution < 1.29 is 26.3 Å². The maximum Gasteiger partial charge on any atom is 0.416 e. The number of halogens is 3. The fraction of sp³-hybridized carbons (Fsp3) is 0.200. The van der Waals surface area contributed by atoms with Gasteiger partial charge in [-0.1, -0.05) is 12.1 Å². The molecule has 0 heterocycles. The zero-order valence-corrected chi connectivity index (χ0v) is 13.1. The van der Waals surface area contributed by atoms with E-state index < -0.39 is 26.7 Å². The molecule has 2 aromatic rings. The zero-order valence-electron chi connectivity index (χ0n) is 12.3. The molecule has 0 aliphatic heterocycles. The molecule has 0 spiro atoms. The number of nitrogens with one attached hydrogen (secondary N) is 1. The molecule has 8 heteroatoms. The van der Waals surface area contributed by atoms with Crippen LogP contribution in [0, 0.1) is 6.92 Å². The van der Waals surface area contributed by atoms with Gasteiger partial charge in [0.2, 0.25) is 0 Å². The number of hydrogen-bond donors (Lipinski definition) is 1. The van der Waals surface area contributed by atoms with E-state index in [0.29, 0.717) is 6.07 Å². The van der Waals surface area contributed by atoms with Gasteiger partial charge in [0, 0.05) is 0 Å². The predicted molar refractivity (Wildman–Crippen MR) is 80.0 cm³/mol. The molecule has 0 aliphatic rings. The molecule has 0 saturated heterocycles.